The van der Waals surface area contributed by atoms with Crippen LogP contribution in [0, 0.1) is 6.92 Å². The van der Waals surface area contributed by atoms with Crippen molar-refractivity contribution in [2.24, 2.45) is 11.5 Å². The number of rotatable bonds is 3. The molecule has 1 aromatic rings. The molecule has 0 aliphatic rings. The number of benzene rings is 1. The maximum Gasteiger partial charge on any atom is 0.118 e. The van der Waals surface area contributed by atoms with Crippen LogP contribution in [-0.2, 0) is 0 Å². The van der Waals surface area contributed by atoms with Gasteiger partial charge in [0, 0.05) is 6.04 Å². The summed E-state index contributed by atoms with van der Waals surface area (Å²) in [6.07, 6.45) is 0.768. The molecule has 0 saturated heterocycles. The molecule has 72 valence electrons. The van der Waals surface area contributed by atoms with Crippen LogP contribution in [0.3, 0.4) is 0 Å². The predicted octanol–water partition coefficient (Wildman–Crippen LogP) is 1.05. The Labute approximate surface area is 78.4 Å². The van der Waals surface area contributed by atoms with Crippen molar-refractivity contribution in [1.82, 2.24) is 0 Å². The van der Waals surface area contributed by atoms with Gasteiger partial charge in [-0.05, 0) is 37.1 Å². The van der Waals surface area contributed by atoms with Gasteiger partial charge >= 0.3 is 0 Å². The summed E-state index contributed by atoms with van der Waals surface area (Å²) in [7, 11) is 0. The smallest absolute Gasteiger partial charge is 0.118 e. The molecular formula is C10H16N2O. The molecule has 1 atom stereocenters. The first-order valence-corrected chi connectivity index (χ1v) is 4.40. The highest BCUT2D eigenvalue weighted by Crippen LogP contribution is 2.21. The molecule has 0 aliphatic carbocycles. The standard InChI is InChI=1S/C10H16N2O/c1-7-6-8(2-3-10(7)13)9(12)4-5-11/h2-3,6,9,13H,4-5,11-12H2,1H3/t9-/m1/s1. The van der Waals surface area contributed by atoms with Crippen molar-refractivity contribution in [2.75, 3.05) is 6.54 Å². The minimum absolute atomic E-state index is 0.0238. The van der Waals surface area contributed by atoms with E-state index in [4.69, 9.17) is 11.5 Å². The molecule has 0 heterocycles. The van der Waals surface area contributed by atoms with Gasteiger partial charge in [-0.15, -0.1) is 0 Å². The maximum absolute atomic E-state index is 9.29. The lowest BCUT2D eigenvalue weighted by atomic mass is 10.0. The Hall–Kier alpha value is -1.06. The summed E-state index contributed by atoms with van der Waals surface area (Å²) < 4.78 is 0. The lowest BCUT2D eigenvalue weighted by Crippen LogP contribution is -2.15. The number of hydrogen-bond donors (Lipinski definition) is 3. The van der Waals surface area contributed by atoms with E-state index in [9.17, 15) is 5.11 Å². The molecule has 0 unspecified atom stereocenters. The fourth-order valence-corrected chi connectivity index (χ4v) is 1.26. The van der Waals surface area contributed by atoms with Gasteiger partial charge in [0.2, 0.25) is 0 Å². The third-order valence-corrected chi connectivity index (χ3v) is 2.13. The Morgan fingerprint density at radius 3 is 2.69 bits per heavy atom. The van der Waals surface area contributed by atoms with E-state index in [0.29, 0.717) is 12.3 Å². The molecule has 0 fully saturated rings. The number of phenolic OH excluding ortho intramolecular Hbond substituents is 1. The highest BCUT2D eigenvalue weighted by Gasteiger charge is 2.05. The van der Waals surface area contributed by atoms with Crippen molar-refractivity contribution in [3.05, 3.63) is 29.3 Å². The zero-order valence-electron chi connectivity index (χ0n) is 7.83. The summed E-state index contributed by atoms with van der Waals surface area (Å²) in [5.41, 5.74) is 13.1. The first-order valence-electron chi connectivity index (χ1n) is 4.40. The van der Waals surface area contributed by atoms with Crippen molar-refractivity contribution in [3.8, 4) is 5.75 Å². The van der Waals surface area contributed by atoms with E-state index in [0.717, 1.165) is 17.5 Å². The fraction of sp³-hybridized carbons (Fsp3) is 0.400. The molecular weight excluding hydrogens is 164 g/mol. The Bertz CT molecular complexity index is 286. The molecule has 1 aromatic carbocycles. The fourth-order valence-electron chi connectivity index (χ4n) is 1.26. The van der Waals surface area contributed by atoms with Gasteiger partial charge in [-0.1, -0.05) is 12.1 Å². The van der Waals surface area contributed by atoms with Crippen LogP contribution in [0.1, 0.15) is 23.6 Å². The summed E-state index contributed by atoms with van der Waals surface area (Å²) >= 11 is 0. The van der Waals surface area contributed by atoms with Crippen LogP contribution in [-0.4, -0.2) is 11.7 Å². The quantitative estimate of drug-likeness (QED) is 0.651. The zero-order valence-corrected chi connectivity index (χ0v) is 7.83. The second-order valence-corrected chi connectivity index (χ2v) is 3.23. The first-order chi connectivity index (χ1) is 6.15. The van der Waals surface area contributed by atoms with Gasteiger partial charge in [0.25, 0.3) is 0 Å². The van der Waals surface area contributed by atoms with Gasteiger partial charge in [0.15, 0.2) is 0 Å². The van der Waals surface area contributed by atoms with Crippen LogP contribution in [0.25, 0.3) is 0 Å². The lowest BCUT2D eigenvalue weighted by molar-refractivity contribution is 0.470. The maximum atomic E-state index is 9.29. The van der Waals surface area contributed by atoms with Crippen LogP contribution in [0.4, 0.5) is 0 Å². The average Bonchev–Trinajstić information content (AvgIpc) is 2.10. The molecule has 3 heteroatoms. The molecule has 5 N–H and O–H groups in total. The van der Waals surface area contributed by atoms with Gasteiger partial charge in [0.1, 0.15) is 5.75 Å². The summed E-state index contributed by atoms with van der Waals surface area (Å²) in [6.45, 7) is 2.44. The van der Waals surface area contributed by atoms with E-state index in [-0.39, 0.29) is 6.04 Å². The highest BCUT2D eigenvalue weighted by atomic mass is 16.3. The molecule has 13 heavy (non-hydrogen) atoms. The van der Waals surface area contributed by atoms with Crippen LogP contribution in [0.15, 0.2) is 18.2 Å². The number of aryl methyl sites for hydroxylation is 1. The van der Waals surface area contributed by atoms with E-state index in [2.05, 4.69) is 0 Å². The van der Waals surface area contributed by atoms with Gasteiger partial charge < -0.3 is 16.6 Å². The third kappa shape index (κ3) is 2.44. The molecule has 0 amide bonds. The minimum Gasteiger partial charge on any atom is -0.508 e. The van der Waals surface area contributed by atoms with E-state index >= 15 is 0 Å². The van der Waals surface area contributed by atoms with Crippen LogP contribution in [0.2, 0.25) is 0 Å². The Balaban J connectivity index is 2.84. The summed E-state index contributed by atoms with van der Waals surface area (Å²) in [5, 5.41) is 9.29. The molecule has 0 aromatic heterocycles. The van der Waals surface area contributed by atoms with Crippen molar-refractivity contribution >= 4 is 0 Å². The van der Waals surface area contributed by atoms with Gasteiger partial charge in [-0.25, -0.2) is 0 Å². The van der Waals surface area contributed by atoms with Gasteiger partial charge in [-0.3, -0.25) is 0 Å². The molecule has 0 bridgehead atoms. The van der Waals surface area contributed by atoms with E-state index < -0.39 is 0 Å². The summed E-state index contributed by atoms with van der Waals surface area (Å²) in [5.74, 6) is 0.309. The molecule has 3 nitrogen and oxygen atoms in total. The first kappa shape index (κ1) is 10.0. The Morgan fingerprint density at radius 2 is 2.15 bits per heavy atom. The van der Waals surface area contributed by atoms with Crippen LogP contribution in [0.5, 0.6) is 5.75 Å². The van der Waals surface area contributed by atoms with E-state index in [1.54, 1.807) is 6.07 Å². The molecule has 0 spiro atoms. The number of phenols is 1. The monoisotopic (exact) mass is 180 g/mol. The van der Waals surface area contributed by atoms with Crippen molar-refractivity contribution < 1.29 is 5.11 Å². The predicted molar refractivity (Wildman–Crippen MR) is 53.4 cm³/mol. The van der Waals surface area contributed by atoms with Crippen molar-refractivity contribution in [1.29, 1.82) is 0 Å². The minimum atomic E-state index is -0.0238. The normalized spacial score (nSPS) is 12.8. The zero-order chi connectivity index (χ0) is 9.84. The Morgan fingerprint density at radius 1 is 1.46 bits per heavy atom. The number of nitrogens with two attached hydrogens (primary N) is 2. The molecule has 0 saturated carbocycles. The summed E-state index contributed by atoms with van der Waals surface area (Å²) in [4.78, 5) is 0. The van der Waals surface area contributed by atoms with Crippen molar-refractivity contribution in [2.45, 2.75) is 19.4 Å². The largest absolute Gasteiger partial charge is 0.508 e. The lowest BCUT2D eigenvalue weighted by Gasteiger charge is -2.11. The second-order valence-electron chi connectivity index (χ2n) is 3.23. The average molecular weight is 180 g/mol. The van der Waals surface area contributed by atoms with E-state index in [1.807, 2.05) is 19.1 Å². The van der Waals surface area contributed by atoms with Crippen LogP contribution < -0.4 is 11.5 Å². The third-order valence-electron chi connectivity index (χ3n) is 2.13. The highest BCUT2D eigenvalue weighted by molar-refractivity contribution is 5.36. The topological polar surface area (TPSA) is 72.3 Å². The Kier molecular flexibility index (Phi) is 3.28. The number of hydrogen-bond acceptors (Lipinski definition) is 3. The molecule has 0 radical (unpaired) electrons. The van der Waals surface area contributed by atoms with Gasteiger partial charge in [0.05, 0.1) is 0 Å². The van der Waals surface area contributed by atoms with Crippen LogP contribution >= 0.6 is 0 Å². The molecule has 1 rings (SSSR count). The number of aromatic hydroxyl groups is 1. The van der Waals surface area contributed by atoms with Gasteiger partial charge in [-0.2, -0.15) is 0 Å². The van der Waals surface area contributed by atoms with E-state index in [1.165, 1.54) is 0 Å². The second kappa shape index (κ2) is 4.25. The molecule has 0 aliphatic heterocycles. The SMILES string of the molecule is Cc1cc([C@H](N)CCN)ccc1O. The van der Waals surface area contributed by atoms with Crippen molar-refractivity contribution in [3.63, 3.8) is 0 Å². The summed E-state index contributed by atoms with van der Waals surface area (Å²) in [6, 6.07) is 5.38.